The summed E-state index contributed by atoms with van der Waals surface area (Å²) < 4.78 is 0. The SMILES string of the molecule is CC(C)(C)Nc1ccc2c(c1)CN(C(C)(C)C)C2. The lowest BCUT2D eigenvalue weighted by atomic mass is 10.1. The van der Waals surface area contributed by atoms with E-state index < -0.39 is 0 Å². The molecule has 0 bridgehead atoms. The van der Waals surface area contributed by atoms with Gasteiger partial charge in [-0.15, -0.1) is 0 Å². The molecule has 0 fully saturated rings. The van der Waals surface area contributed by atoms with E-state index in [1.165, 1.54) is 16.8 Å². The van der Waals surface area contributed by atoms with Crippen LogP contribution in [0.25, 0.3) is 0 Å². The summed E-state index contributed by atoms with van der Waals surface area (Å²) in [5, 5.41) is 3.55. The third-order valence-corrected chi connectivity index (χ3v) is 3.40. The van der Waals surface area contributed by atoms with Gasteiger partial charge >= 0.3 is 0 Å². The van der Waals surface area contributed by atoms with Crippen molar-refractivity contribution in [2.75, 3.05) is 5.32 Å². The van der Waals surface area contributed by atoms with Crippen LogP contribution < -0.4 is 5.32 Å². The van der Waals surface area contributed by atoms with Crippen LogP contribution in [0.15, 0.2) is 18.2 Å². The van der Waals surface area contributed by atoms with Gasteiger partial charge in [-0.05, 0) is 64.8 Å². The van der Waals surface area contributed by atoms with Gasteiger partial charge in [0, 0.05) is 29.9 Å². The van der Waals surface area contributed by atoms with Gasteiger partial charge in [0.1, 0.15) is 0 Å². The molecule has 0 atom stereocenters. The zero-order valence-corrected chi connectivity index (χ0v) is 12.6. The van der Waals surface area contributed by atoms with E-state index in [0.717, 1.165) is 13.1 Å². The Balaban J connectivity index is 2.17. The molecular formula is C16H26N2. The molecule has 0 radical (unpaired) electrons. The average molecular weight is 246 g/mol. The van der Waals surface area contributed by atoms with Crippen LogP contribution in [-0.4, -0.2) is 16.0 Å². The number of nitrogens with zero attached hydrogens (tertiary/aromatic N) is 1. The maximum absolute atomic E-state index is 3.55. The maximum atomic E-state index is 3.55. The highest BCUT2D eigenvalue weighted by atomic mass is 15.2. The first-order valence-electron chi connectivity index (χ1n) is 6.80. The van der Waals surface area contributed by atoms with E-state index in [4.69, 9.17) is 0 Å². The molecule has 0 spiro atoms. The second-order valence-corrected chi connectivity index (χ2v) is 7.39. The number of fused-ring (bicyclic) bond motifs is 1. The van der Waals surface area contributed by atoms with Gasteiger partial charge in [0.2, 0.25) is 0 Å². The normalized spacial score (nSPS) is 16.8. The number of benzene rings is 1. The first-order chi connectivity index (χ1) is 8.15. The van der Waals surface area contributed by atoms with Crippen molar-refractivity contribution in [2.24, 2.45) is 0 Å². The Kier molecular flexibility index (Phi) is 3.18. The van der Waals surface area contributed by atoms with E-state index in [1.54, 1.807) is 0 Å². The van der Waals surface area contributed by atoms with Crippen molar-refractivity contribution in [1.29, 1.82) is 0 Å². The summed E-state index contributed by atoms with van der Waals surface area (Å²) in [6.45, 7) is 15.6. The molecule has 2 rings (SSSR count). The molecule has 0 aliphatic carbocycles. The van der Waals surface area contributed by atoms with Crippen molar-refractivity contribution in [3.05, 3.63) is 29.3 Å². The summed E-state index contributed by atoms with van der Waals surface area (Å²) in [6.07, 6.45) is 0. The van der Waals surface area contributed by atoms with Crippen molar-refractivity contribution < 1.29 is 0 Å². The van der Waals surface area contributed by atoms with Gasteiger partial charge in [-0.25, -0.2) is 0 Å². The van der Waals surface area contributed by atoms with E-state index in [-0.39, 0.29) is 11.1 Å². The molecule has 1 aliphatic heterocycles. The molecule has 1 aromatic rings. The van der Waals surface area contributed by atoms with E-state index in [0.29, 0.717) is 0 Å². The molecule has 1 N–H and O–H groups in total. The molecule has 18 heavy (non-hydrogen) atoms. The summed E-state index contributed by atoms with van der Waals surface area (Å²) in [5.41, 5.74) is 4.55. The fourth-order valence-corrected chi connectivity index (χ4v) is 2.38. The van der Waals surface area contributed by atoms with E-state index in [2.05, 4.69) is 70.0 Å². The van der Waals surface area contributed by atoms with Crippen LogP contribution in [-0.2, 0) is 13.1 Å². The quantitative estimate of drug-likeness (QED) is 0.805. The molecule has 0 amide bonds. The van der Waals surface area contributed by atoms with Crippen LogP contribution in [0.1, 0.15) is 52.7 Å². The number of nitrogens with one attached hydrogen (secondary N) is 1. The van der Waals surface area contributed by atoms with Crippen LogP contribution >= 0.6 is 0 Å². The minimum absolute atomic E-state index is 0.122. The fourth-order valence-electron chi connectivity index (χ4n) is 2.38. The van der Waals surface area contributed by atoms with Crippen LogP contribution in [0, 0.1) is 0 Å². The number of hydrogen-bond donors (Lipinski definition) is 1. The Morgan fingerprint density at radius 2 is 1.56 bits per heavy atom. The summed E-state index contributed by atoms with van der Waals surface area (Å²) >= 11 is 0. The molecule has 1 aromatic carbocycles. The Labute approximate surface area is 111 Å². The minimum atomic E-state index is 0.122. The molecule has 2 heteroatoms. The average Bonchev–Trinajstić information content (AvgIpc) is 2.57. The molecule has 2 nitrogen and oxygen atoms in total. The molecule has 0 saturated heterocycles. The lowest BCUT2D eigenvalue weighted by Crippen LogP contribution is -2.36. The molecule has 0 saturated carbocycles. The largest absolute Gasteiger partial charge is 0.380 e. The third-order valence-electron chi connectivity index (χ3n) is 3.40. The molecule has 100 valence electrons. The van der Waals surface area contributed by atoms with Crippen molar-refractivity contribution >= 4 is 5.69 Å². The highest BCUT2D eigenvalue weighted by Crippen LogP contribution is 2.31. The molecule has 0 aromatic heterocycles. The van der Waals surface area contributed by atoms with Gasteiger partial charge < -0.3 is 5.32 Å². The highest BCUT2D eigenvalue weighted by Gasteiger charge is 2.28. The Bertz CT molecular complexity index is 435. The van der Waals surface area contributed by atoms with Crippen LogP contribution in [0.2, 0.25) is 0 Å². The van der Waals surface area contributed by atoms with E-state index in [9.17, 15) is 0 Å². The second-order valence-electron chi connectivity index (χ2n) is 7.39. The minimum Gasteiger partial charge on any atom is -0.380 e. The summed E-state index contributed by atoms with van der Waals surface area (Å²) in [6, 6.07) is 6.79. The number of anilines is 1. The third kappa shape index (κ3) is 3.05. The Morgan fingerprint density at radius 3 is 2.11 bits per heavy atom. The zero-order chi connectivity index (χ0) is 13.6. The Hall–Kier alpha value is -1.02. The second kappa shape index (κ2) is 4.27. The Morgan fingerprint density at radius 1 is 0.944 bits per heavy atom. The topological polar surface area (TPSA) is 15.3 Å². The van der Waals surface area contributed by atoms with Crippen LogP contribution in [0.4, 0.5) is 5.69 Å². The highest BCUT2D eigenvalue weighted by molar-refractivity contribution is 5.51. The lowest BCUT2D eigenvalue weighted by molar-refractivity contribution is 0.136. The monoisotopic (exact) mass is 246 g/mol. The predicted octanol–water partition coefficient (Wildman–Crippen LogP) is 4.01. The van der Waals surface area contributed by atoms with Crippen LogP contribution in [0.3, 0.4) is 0 Å². The van der Waals surface area contributed by atoms with Crippen molar-refractivity contribution in [3.8, 4) is 0 Å². The summed E-state index contributed by atoms with van der Waals surface area (Å²) in [7, 11) is 0. The lowest BCUT2D eigenvalue weighted by Gasteiger charge is -2.31. The zero-order valence-electron chi connectivity index (χ0n) is 12.6. The van der Waals surface area contributed by atoms with Crippen molar-refractivity contribution in [3.63, 3.8) is 0 Å². The van der Waals surface area contributed by atoms with Gasteiger partial charge in [0.05, 0.1) is 0 Å². The van der Waals surface area contributed by atoms with Gasteiger partial charge in [0.15, 0.2) is 0 Å². The molecular weight excluding hydrogens is 220 g/mol. The number of hydrogen-bond acceptors (Lipinski definition) is 2. The fraction of sp³-hybridized carbons (Fsp3) is 0.625. The number of rotatable bonds is 1. The van der Waals surface area contributed by atoms with Gasteiger partial charge in [-0.3, -0.25) is 4.90 Å². The standard InChI is InChI=1S/C16H26N2/c1-15(2,3)17-14-8-7-12-10-18(16(4,5)6)11-13(12)9-14/h7-9,17H,10-11H2,1-6H3. The molecule has 1 aliphatic rings. The molecule has 1 heterocycles. The first kappa shape index (κ1) is 13.4. The van der Waals surface area contributed by atoms with Gasteiger partial charge in [-0.1, -0.05) is 6.07 Å². The van der Waals surface area contributed by atoms with E-state index >= 15 is 0 Å². The predicted molar refractivity (Wildman–Crippen MR) is 78.8 cm³/mol. The van der Waals surface area contributed by atoms with Gasteiger partial charge in [0.25, 0.3) is 0 Å². The first-order valence-corrected chi connectivity index (χ1v) is 6.80. The maximum Gasteiger partial charge on any atom is 0.0347 e. The van der Waals surface area contributed by atoms with Gasteiger partial charge in [-0.2, -0.15) is 0 Å². The smallest absolute Gasteiger partial charge is 0.0347 e. The van der Waals surface area contributed by atoms with E-state index in [1.807, 2.05) is 0 Å². The van der Waals surface area contributed by atoms with Crippen molar-refractivity contribution in [2.45, 2.75) is 65.7 Å². The summed E-state index contributed by atoms with van der Waals surface area (Å²) in [4.78, 5) is 2.53. The van der Waals surface area contributed by atoms with Crippen LogP contribution in [0.5, 0.6) is 0 Å². The summed E-state index contributed by atoms with van der Waals surface area (Å²) in [5.74, 6) is 0. The van der Waals surface area contributed by atoms with Crippen molar-refractivity contribution in [1.82, 2.24) is 4.90 Å². The molecule has 0 unspecified atom stereocenters.